The van der Waals surface area contributed by atoms with Crippen LogP contribution in [-0.4, -0.2) is 6.61 Å². The first-order valence-electron chi connectivity index (χ1n) is 5.63. The third kappa shape index (κ3) is 2.38. The summed E-state index contributed by atoms with van der Waals surface area (Å²) in [5.41, 5.74) is 0.0319. The van der Waals surface area contributed by atoms with E-state index in [0.29, 0.717) is 30.3 Å². The summed E-state index contributed by atoms with van der Waals surface area (Å²) in [5, 5.41) is 8.59. The van der Waals surface area contributed by atoms with Gasteiger partial charge in [0.1, 0.15) is 23.3 Å². The number of ether oxygens (including phenoxy) is 1. The maximum absolute atomic E-state index is 13.5. The molecule has 0 amide bonds. The predicted molar refractivity (Wildman–Crippen MR) is 58.9 cm³/mol. The van der Waals surface area contributed by atoms with E-state index in [1.165, 1.54) is 12.1 Å². The van der Waals surface area contributed by atoms with Gasteiger partial charge in [-0.05, 0) is 24.0 Å². The molecule has 0 aromatic rings. The summed E-state index contributed by atoms with van der Waals surface area (Å²) in [6.45, 7) is 2.66. The van der Waals surface area contributed by atoms with Crippen molar-refractivity contribution in [3.05, 3.63) is 34.6 Å². The first-order valence-corrected chi connectivity index (χ1v) is 5.63. The zero-order chi connectivity index (χ0) is 12.4. The number of hydrogen-bond acceptors (Lipinski definition) is 2. The van der Waals surface area contributed by atoms with Crippen molar-refractivity contribution in [2.45, 2.75) is 26.2 Å². The van der Waals surface area contributed by atoms with Gasteiger partial charge >= 0.3 is 0 Å². The van der Waals surface area contributed by atoms with Gasteiger partial charge in [0.25, 0.3) is 0 Å². The van der Waals surface area contributed by atoms with Crippen LogP contribution in [0.5, 0.6) is 0 Å². The Labute approximate surface area is 98.9 Å². The molecular weight excluding hydrogens is 224 g/mol. The van der Waals surface area contributed by atoms with Crippen molar-refractivity contribution in [3.8, 4) is 6.07 Å². The number of allylic oxidation sites excluding steroid dienone is 6. The van der Waals surface area contributed by atoms with Crippen molar-refractivity contribution in [1.82, 2.24) is 0 Å². The molecule has 0 N–H and O–H groups in total. The average molecular weight is 237 g/mol. The minimum atomic E-state index is -0.805. The van der Waals surface area contributed by atoms with E-state index in [-0.39, 0.29) is 6.42 Å². The number of nitriles is 1. The quantitative estimate of drug-likeness (QED) is 0.643. The lowest BCUT2D eigenvalue weighted by Crippen LogP contribution is -2.15. The molecule has 0 radical (unpaired) electrons. The summed E-state index contributed by atoms with van der Waals surface area (Å²) >= 11 is 0. The number of hydrogen-bond donors (Lipinski definition) is 0. The van der Waals surface area contributed by atoms with Crippen molar-refractivity contribution in [2.24, 2.45) is 5.92 Å². The SMILES string of the molecule is CC1CC/C(=C2/C=C(F)C(C#N)=C(F)C2)OC1. The summed E-state index contributed by atoms with van der Waals surface area (Å²) in [7, 11) is 0. The molecule has 1 saturated heterocycles. The van der Waals surface area contributed by atoms with Crippen LogP contribution in [0.4, 0.5) is 8.78 Å². The number of rotatable bonds is 0. The third-order valence-corrected chi connectivity index (χ3v) is 3.03. The molecule has 1 fully saturated rings. The second kappa shape index (κ2) is 4.70. The molecule has 2 aliphatic rings. The van der Waals surface area contributed by atoms with Crippen molar-refractivity contribution in [2.75, 3.05) is 6.61 Å². The van der Waals surface area contributed by atoms with E-state index in [1.54, 1.807) is 0 Å². The zero-order valence-electron chi connectivity index (χ0n) is 9.59. The average Bonchev–Trinajstić information content (AvgIpc) is 2.29. The fraction of sp³-hybridized carbons (Fsp3) is 0.462. The molecular formula is C13H13F2NO. The lowest BCUT2D eigenvalue weighted by molar-refractivity contribution is 0.121. The Morgan fingerprint density at radius 1 is 1.47 bits per heavy atom. The monoisotopic (exact) mass is 237 g/mol. The van der Waals surface area contributed by atoms with Crippen LogP contribution in [-0.2, 0) is 4.74 Å². The largest absolute Gasteiger partial charge is 0.497 e. The Balaban J connectivity index is 2.25. The maximum atomic E-state index is 13.5. The fourth-order valence-electron chi connectivity index (χ4n) is 1.98. The summed E-state index contributed by atoms with van der Waals surface area (Å²) in [6.07, 6.45) is 2.84. The molecule has 4 heteroatoms. The van der Waals surface area contributed by atoms with Gasteiger partial charge in [-0.1, -0.05) is 6.92 Å². The summed E-state index contributed by atoms with van der Waals surface area (Å²) in [4.78, 5) is 0. The number of nitrogens with zero attached hydrogens (tertiary/aromatic N) is 1. The molecule has 1 atom stereocenters. The van der Waals surface area contributed by atoms with Crippen molar-refractivity contribution in [1.29, 1.82) is 5.26 Å². The van der Waals surface area contributed by atoms with Crippen molar-refractivity contribution >= 4 is 0 Å². The maximum Gasteiger partial charge on any atom is 0.144 e. The lowest BCUT2D eigenvalue weighted by Gasteiger charge is -2.24. The van der Waals surface area contributed by atoms with E-state index in [0.717, 1.165) is 6.42 Å². The normalized spacial score (nSPS) is 29.5. The van der Waals surface area contributed by atoms with E-state index in [9.17, 15) is 8.78 Å². The molecule has 2 nitrogen and oxygen atoms in total. The Bertz CT molecular complexity index is 458. The molecule has 17 heavy (non-hydrogen) atoms. The van der Waals surface area contributed by atoms with Gasteiger partial charge in [0.05, 0.1) is 12.4 Å². The molecule has 0 aromatic heterocycles. The van der Waals surface area contributed by atoms with Crippen LogP contribution in [0.25, 0.3) is 0 Å². The van der Waals surface area contributed by atoms with E-state index < -0.39 is 17.2 Å². The van der Waals surface area contributed by atoms with E-state index >= 15 is 0 Å². The van der Waals surface area contributed by atoms with Crippen LogP contribution < -0.4 is 0 Å². The molecule has 0 saturated carbocycles. The van der Waals surface area contributed by atoms with Gasteiger partial charge in [-0.25, -0.2) is 8.78 Å². The summed E-state index contributed by atoms with van der Waals surface area (Å²) in [6, 6.07) is 1.53. The van der Waals surface area contributed by atoms with Gasteiger partial charge in [-0.2, -0.15) is 5.26 Å². The first kappa shape index (κ1) is 11.8. The predicted octanol–water partition coefficient (Wildman–Crippen LogP) is 3.69. The Hall–Kier alpha value is -1.63. The van der Waals surface area contributed by atoms with Crippen molar-refractivity contribution in [3.63, 3.8) is 0 Å². The highest BCUT2D eigenvalue weighted by atomic mass is 19.1. The molecule has 2 rings (SSSR count). The molecule has 90 valence electrons. The summed E-state index contributed by atoms with van der Waals surface area (Å²) < 4.78 is 32.4. The Morgan fingerprint density at radius 2 is 2.24 bits per heavy atom. The minimum Gasteiger partial charge on any atom is -0.497 e. The van der Waals surface area contributed by atoms with Gasteiger partial charge in [0.2, 0.25) is 0 Å². The van der Waals surface area contributed by atoms with Crippen molar-refractivity contribution < 1.29 is 13.5 Å². The topological polar surface area (TPSA) is 33.0 Å². The van der Waals surface area contributed by atoms with Crippen LogP contribution in [0.2, 0.25) is 0 Å². The minimum absolute atomic E-state index is 0.0416. The van der Waals surface area contributed by atoms with Gasteiger partial charge in [-0.15, -0.1) is 0 Å². The molecule has 1 aliphatic heterocycles. The molecule has 0 bridgehead atoms. The number of halogens is 2. The van der Waals surface area contributed by atoms with E-state index in [2.05, 4.69) is 6.92 Å². The molecule has 0 spiro atoms. The third-order valence-electron chi connectivity index (χ3n) is 3.03. The Morgan fingerprint density at radius 3 is 2.76 bits per heavy atom. The molecule has 0 aromatic carbocycles. The van der Waals surface area contributed by atoms with Crippen LogP contribution in [0, 0.1) is 17.2 Å². The second-order valence-corrected chi connectivity index (χ2v) is 4.46. The van der Waals surface area contributed by atoms with Crippen LogP contribution in [0.15, 0.2) is 34.6 Å². The lowest BCUT2D eigenvalue weighted by atomic mass is 9.95. The van der Waals surface area contributed by atoms with Crippen LogP contribution >= 0.6 is 0 Å². The fourth-order valence-corrected chi connectivity index (χ4v) is 1.98. The highest BCUT2D eigenvalue weighted by molar-refractivity contribution is 5.49. The zero-order valence-corrected chi connectivity index (χ0v) is 9.59. The van der Waals surface area contributed by atoms with Gasteiger partial charge < -0.3 is 4.74 Å². The Kier molecular flexibility index (Phi) is 3.28. The molecule has 1 aliphatic carbocycles. The van der Waals surface area contributed by atoms with Gasteiger partial charge in [0, 0.05) is 12.8 Å². The van der Waals surface area contributed by atoms with Crippen LogP contribution in [0.1, 0.15) is 26.2 Å². The summed E-state index contributed by atoms with van der Waals surface area (Å²) in [5.74, 6) is -0.379. The highest BCUT2D eigenvalue weighted by Crippen LogP contribution is 2.34. The smallest absolute Gasteiger partial charge is 0.144 e. The highest BCUT2D eigenvalue weighted by Gasteiger charge is 2.23. The van der Waals surface area contributed by atoms with Crippen LogP contribution in [0.3, 0.4) is 0 Å². The standard InChI is InChI=1S/C13H13F2NO/c1-8-2-3-13(17-7-8)9-4-11(14)10(6-16)12(15)5-9/h4,8H,2-3,5,7H2,1H3/b13-9+. The van der Waals surface area contributed by atoms with Gasteiger partial charge in [-0.3, -0.25) is 0 Å². The molecule has 1 heterocycles. The van der Waals surface area contributed by atoms with E-state index in [1.807, 2.05) is 0 Å². The second-order valence-electron chi connectivity index (χ2n) is 4.46. The molecule has 1 unspecified atom stereocenters. The van der Waals surface area contributed by atoms with E-state index in [4.69, 9.17) is 10.00 Å². The van der Waals surface area contributed by atoms with Gasteiger partial charge in [0.15, 0.2) is 0 Å². The first-order chi connectivity index (χ1) is 8.11.